The average Bonchev–Trinajstić information content (AvgIpc) is 2.98. The van der Waals surface area contributed by atoms with Crippen LogP contribution in [0.1, 0.15) is 11.4 Å². The highest BCUT2D eigenvalue weighted by Gasteiger charge is 2.05. The second kappa shape index (κ2) is 4.44. The van der Waals surface area contributed by atoms with Crippen LogP contribution in [-0.2, 0) is 6.42 Å². The number of fused-ring (bicyclic) bond motifs is 1. The van der Waals surface area contributed by atoms with Crippen LogP contribution >= 0.6 is 0 Å². The molecule has 92 valence electrons. The molecule has 0 aliphatic rings. The third kappa shape index (κ3) is 2.02. The van der Waals surface area contributed by atoms with Gasteiger partial charge in [0.25, 0.3) is 0 Å². The molecule has 7 nitrogen and oxygen atoms in total. The van der Waals surface area contributed by atoms with Crippen molar-refractivity contribution >= 4 is 11.6 Å². The lowest BCUT2D eigenvalue weighted by Gasteiger charge is -1.96. The minimum atomic E-state index is 0.604. The van der Waals surface area contributed by atoms with Gasteiger partial charge < -0.3 is 9.84 Å². The van der Waals surface area contributed by atoms with Crippen molar-refractivity contribution < 1.29 is 4.52 Å². The highest BCUT2D eigenvalue weighted by atomic mass is 16.5. The van der Waals surface area contributed by atoms with E-state index in [1.807, 2.05) is 25.3 Å². The Morgan fingerprint density at radius 2 is 2.39 bits per heavy atom. The monoisotopic (exact) mass is 244 g/mol. The van der Waals surface area contributed by atoms with Crippen molar-refractivity contribution in [2.24, 2.45) is 0 Å². The first-order valence-electron chi connectivity index (χ1n) is 5.64. The summed E-state index contributed by atoms with van der Waals surface area (Å²) in [5.74, 6) is 1.27. The maximum Gasteiger partial charge on any atom is 0.243 e. The molecule has 0 radical (unpaired) electrons. The van der Waals surface area contributed by atoms with Crippen molar-refractivity contribution in [1.82, 2.24) is 24.7 Å². The van der Waals surface area contributed by atoms with E-state index >= 15 is 0 Å². The first-order valence-corrected chi connectivity index (χ1v) is 5.64. The zero-order chi connectivity index (χ0) is 12.4. The number of nitrogens with zero attached hydrogens (tertiary/aromatic N) is 5. The quantitative estimate of drug-likeness (QED) is 0.739. The predicted octanol–water partition coefficient (Wildman–Crippen LogP) is 1.08. The van der Waals surface area contributed by atoms with Gasteiger partial charge in [-0.05, 0) is 18.6 Å². The van der Waals surface area contributed by atoms with Gasteiger partial charge in [-0.3, -0.25) is 0 Å². The molecule has 1 N–H and O–H groups in total. The van der Waals surface area contributed by atoms with Crippen molar-refractivity contribution in [3.05, 3.63) is 36.1 Å². The summed E-state index contributed by atoms with van der Waals surface area (Å²) in [6, 6.07) is 3.95. The molecule has 3 rings (SSSR count). The summed E-state index contributed by atoms with van der Waals surface area (Å²) in [4.78, 5) is 8.35. The van der Waals surface area contributed by atoms with Crippen molar-refractivity contribution in [2.75, 3.05) is 11.9 Å². The number of anilines is 1. The number of rotatable bonds is 4. The lowest BCUT2D eigenvalue weighted by Crippen LogP contribution is -2.07. The van der Waals surface area contributed by atoms with Gasteiger partial charge in [-0.15, -0.1) is 5.10 Å². The van der Waals surface area contributed by atoms with E-state index in [0.717, 1.165) is 11.2 Å². The first kappa shape index (κ1) is 10.7. The smallest absolute Gasteiger partial charge is 0.243 e. The molecule has 0 bridgehead atoms. The summed E-state index contributed by atoms with van der Waals surface area (Å²) in [6.45, 7) is 2.67. The molecule has 0 saturated carbocycles. The average molecular weight is 244 g/mol. The lowest BCUT2D eigenvalue weighted by molar-refractivity contribution is 0.410. The van der Waals surface area contributed by atoms with Crippen molar-refractivity contribution in [3.8, 4) is 0 Å². The van der Waals surface area contributed by atoms with E-state index in [9.17, 15) is 0 Å². The van der Waals surface area contributed by atoms with Gasteiger partial charge in [0.2, 0.25) is 12.3 Å². The van der Waals surface area contributed by atoms with Crippen molar-refractivity contribution in [2.45, 2.75) is 13.3 Å². The Balaban J connectivity index is 1.69. The molecule has 7 heteroatoms. The van der Waals surface area contributed by atoms with Gasteiger partial charge in [0.05, 0.1) is 0 Å². The molecule has 0 aliphatic heterocycles. The van der Waals surface area contributed by atoms with Crippen molar-refractivity contribution in [3.63, 3.8) is 0 Å². The zero-order valence-electron chi connectivity index (χ0n) is 9.87. The van der Waals surface area contributed by atoms with E-state index < -0.39 is 0 Å². The summed E-state index contributed by atoms with van der Waals surface area (Å²) in [6.07, 6.45) is 3.87. The van der Waals surface area contributed by atoms with Gasteiger partial charge in [-0.2, -0.15) is 9.97 Å². The fourth-order valence-corrected chi connectivity index (χ4v) is 1.70. The predicted molar refractivity (Wildman–Crippen MR) is 64.2 cm³/mol. The molecular formula is C11H12N6O. The van der Waals surface area contributed by atoms with Crippen LogP contribution in [0.25, 0.3) is 5.65 Å². The van der Waals surface area contributed by atoms with Gasteiger partial charge in [-0.1, -0.05) is 11.2 Å². The number of aryl methyl sites for hydroxylation is 1. The zero-order valence-corrected chi connectivity index (χ0v) is 9.87. The number of hydrogen-bond acceptors (Lipinski definition) is 6. The number of hydrogen-bond donors (Lipinski definition) is 1. The maximum absolute atomic E-state index is 4.66. The van der Waals surface area contributed by atoms with Gasteiger partial charge >= 0.3 is 0 Å². The third-order valence-corrected chi connectivity index (χ3v) is 2.60. The molecule has 0 aliphatic carbocycles. The third-order valence-electron chi connectivity index (χ3n) is 2.60. The molecule has 0 spiro atoms. The molecule has 18 heavy (non-hydrogen) atoms. The molecular weight excluding hydrogens is 232 g/mol. The lowest BCUT2D eigenvalue weighted by atomic mass is 10.3. The van der Waals surface area contributed by atoms with Gasteiger partial charge in [0, 0.05) is 19.2 Å². The Kier molecular flexibility index (Phi) is 2.64. The molecule has 3 aromatic heterocycles. The molecule has 0 fully saturated rings. The highest BCUT2D eigenvalue weighted by Crippen LogP contribution is 2.09. The molecule has 0 amide bonds. The van der Waals surface area contributed by atoms with Crippen LogP contribution in [-0.4, -0.2) is 31.3 Å². The van der Waals surface area contributed by atoms with Crippen LogP contribution in [0.3, 0.4) is 0 Å². The molecule has 0 aromatic carbocycles. The van der Waals surface area contributed by atoms with E-state index in [1.54, 1.807) is 4.52 Å². The Bertz CT molecular complexity index is 645. The van der Waals surface area contributed by atoms with E-state index in [0.29, 0.717) is 24.7 Å². The Hall–Kier alpha value is -2.44. The molecule has 0 saturated heterocycles. The largest absolute Gasteiger partial charge is 0.352 e. The van der Waals surface area contributed by atoms with Crippen LogP contribution in [0.2, 0.25) is 0 Å². The molecule has 3 aromatic rings. The Labute approximate surface area is 103 Å². The Morgan fingerprint density at radius 1 is 1.44 bits per heavy atom. The minimum absolute atomic E-state index is 0.604. The number of aromatic nitrogens is 5. The number of nitrogens with one attached hydrogen (secondary N) is 1. The maximum atomic E-state index is 4.66. The van der Waals surface area contributed by atoms with Gasteiger partial charge in [-0.25, -0.2) is 4.52 Å². The fraction of sp³-hybridized carbons (Fsp3) is 0.273. The number of pyridine rings is 1. The van der Waals surface area contributed by atoms with Crippen LogP contribution < -0.4 is 5.32 Å². The van der Waals surface area contributed by atoms with Crippen LogP contribution in [0.5, 0.6) is 0 Å². The summed E-state index contributed by atoms with van der Waals surface area (Å²) in [7, 11) is 0. The van der Waals surface area contributed by atoms with Gasteiger partial charge in [0.15, 0.2) is 11.5 Å². The summed E-state index contributed by atoms with van der Waals surface area (Å²) in [5.41, 5.74) is 1.95. The second-order valence-electron chi connectivity index (χ2n) is 3.92. The normalized spacial score (nSPS) is 10.9. The molecule has 0 unspecified atom stereocenters. The summed E-state index contributed by atoms with van der Waals surface area (Å²) in [5, 5.41) is 11.2. The standard InChI is InChI=1S/C11H12N6O/c1-8-3-2-6-17-10(8)14-11(15-17)12-5-4-9-13-7-18-16-9/h2-3,6-7H,4-5H2,1H3,(H,12,15). The SMILES string of the molecule is Cc1cccn2nc(NCCc3ncon3)nc12. The topological polar surface area (TPSA) is 81.1 Å². The second-order valence-corrected chi connectivity index (χ2v) is 3.92. The first-order chi connectivity index (χ1) is 8.83. The Morgan fingerprint density at radius 3 is 3.17 bits per heavy atom. The van der Waals surface area contributed by atoms with E-state index in [-0.39, 0.29) is 0 Å². The summed E-state index contributed by atoms with van der Waals surface area (Å²) < 4.78 is 6.41. The van der Waals surface area contributed by atoms with Gasteiger partial charge in [0.1, 0.15) is 0 Å². The van der Waals surface area contributed by atoms with Crippen molar-refractivity contribution in [1.29, 1.82) is 0 Å². The fourth-order valence-electron chi connectivity index (χ4n) is 1.70. The van der Waals surface area contributed by atoms with Crippen LogP contribution in [0.15, 0.2) is 29.2 Å². The summed E-state index contributed by atoms with van der Waals surface area (Å²) >= 11 is 0. The molecule has 0 atom stereocenters. The minimum Gasteiger partial charge on any atom is -0.352 e. The molecule has 3 heterocycles. The van der Waals surface area contributed by atoms with Crippen LogP contribution in [0, 0.1) is 6.92 Å². The van der Waals surface area contributed by atoms with E-state index in [1.165, 1.54) is 6.39 Å². The highest BCUT2D eigenvalue weighted by molar-refractivity contribution is 5.49. The van der Waals surface area contributed by atoms with Crippen LogP contribution in [0.4, 0.5) is 5.95 Å². The van der Waals surface area contributed by atoms with E-state index in [4.69, 9.17) is 0 Å². The van der Waals surface area contributed by atoms with E-state index in [2.05, 4.69) is 30.1 Å².